The van der Waals surface area contributed by atoms with Crippen molar-refractivity contribution >= 4 is 16.9 Å². The molecule has 0 atom stereocenters. The van der Waals surface area contributed by atoms with Crippen molar-refractivity contribution in [3.8, 4) is 0 Å². The Morgan fingerprint density at radius 2 is 2.24 bits per heavy atom. The van der Waals surface area contributed by atoms with Gasteiger partial charge in [0.2, 0.25) is 5.91 Å². The average molecular weight is 288 g/mol. The number of hydrogen-bond acceptors (Lipinski definition) is 3. The molecular weight excluding hydrogens is 264 g/mol. The van der Waals surface area contributed by atoms with Crippen molar-refractivity contribution in [2.75, 3.05) is 13.1 Å². The Morgan fingerprint density at radius 3 is 2.95 bits per heavy atom. The lowest BCUT2D eigenvalue weighted by Gasteiger charge is -2.08. The molecule has 2 aromatic rings. The second kappa shape index (κ2) is 7.22. The summed E-state index contributed by atoms with van der Waals surface area (Å²) in [6.45, 7) is 8.98. The lowest BCUT2D eigenvalue weighted by molar-refractivity contribution is -0.121. The van der Waals surface area contributed by atoms with Crippen LogP contribution in [-0.2, 0) is 17.9 Å². The maximum Gasteiger partial charge on any atom is 0.240 e. The minimum atomic E-state index is 0.0289. The number of carbonyl (C=O) groups is 1. The van der Waals surface area contributed by atoms with E-state index in [0.717, 1.165) is 24.1 Å². The molecular formula is C16H24N4O. The Bertz CT molecular complexity index is 603. The summed E-state index contributed by atoms with van der Waals surface area (Å²) in [5.74, 6) is 0.485. The van der Waals surface area contributed by atoms with Gasteiger partial charge in [-0.2, -0.15) is 0 Å². The highest BCUT2D eigenvalue weighted by atomic mass is 16.1. The van der Waals surface area contributed by atoms with Gasteiger partial charge >= 0.3 is 0 Å². The van der Waals surface area contributed by atoms with E-state index >= 15 is 0 Å². The van der Waals surface area contributed by atoms with Crippen LogP contribution in [0, 0.1) is 5.92 Å². The topological polar surface area (TPSA) is 59.0 Å². The highest BCUT2D eigenvalue weighted by Crippen LogP contribution is 2.19. The second-order valence-corrected chi connectivity index (χ2v) is 5.64. The molecule has 114 valence electrons. The first-order valence-electron chi connectivity index (χ1n) is 7.52. The zero-order chi connectivity index (χ0) is 15.2. The first kappa shape index (κ1) is 15.5. The third kappa shape index (κ3) is 4.04. The number of nitrogens with zero attached hydrogens (tertiary/aromatic N) is 2. The summed E-state index contributed by atoms with van der Waals surface area (Å²) in [5.41, 5.74) is 2.04. The fourth-order valence-electron chi connectivity index (χ4n) is 2.24. The van der Waals surface area contributed by atoms with Crippen molar-refractivity contribution in [3.63, 3.8) is 0 Å². The summed E-state index contributed by atoms with van der Waals surface area (Å²) < 4.78 is 1.93. The van der Waals surface area contributed by atoms with Gasteiger partial charge in [0, 0.05) is 30.9 Å². The van der Waals surface area contributed by atoms with E-state index in [-0.39, 0.29) is 5.91 Å². The molecule has 2 heterocycles. The Labute approximate surface area is 125 Å². The van der Waals surface area contributed by atoms with Crippen LogP contribution in [-0.4, -0.2) is 28.5 Å². The van der Waals surface area contributed by atoms with E-state index < -0.39 is 0 Å². The van der Waals surface area contributed by atoms with Crippen LogP contribution >= 0.6 is 0 Å². The van der Waals surface area contributed by atoms with E-state index in [1.54, 1.807) is 6.20 Å². The standard InChI is InChI=1S/C16H24N4O/c1-4-17-9-13-10-20(11-15(21)19-8-12(2)3)16-14(13)6-5-7-18-16/h5-7,10,12,17H,4,8-9,11H2,1-3H3,(H,19,21). The van der Waals surface area contributed by atoms with Crippen LogP contribution in [0.3, 0.4) is 0 Å². The molecule has 0 aromatic carbocycles. The maximum absolute atomic E-state index is 12.0. The van der Waals surface area contributed by atoms with E-state index in [1.165, 1.54) is 5.56 Å². The number of fused-ring (bicyclic) bond motifs is 1. The highest BCUT2D eigenvalue weighted by molar-refractivity contribution is 5.83. The van der Waals surface area contributed by atoms with Gasteiger partial charge < -0.3 is 15.2 Å². The largest absolute Gasteiger partial charge is 0.354 e. The number of carbonyl (C=O) groups excluding carboxylic acids is 1. The van der Waals surface area contributed by atoms with Gasteiger partial charge in [-0.25, -0.2) is 4.98 Å². The number of rotatable bonds is 7. The normalized spacial score (nSPS) is 11.2. The molecule has 0 fully saturated rings. The van der Waals surface area contributed by atoms with Gasteiger partial charge in [-0.15, -0.1) is 0 Å². The Morgan fingerprint density at radius 1 is 1.43 bits per heavy atom. The van der Waals surface area contributed by atoms with E-state index in [4.69, 9.17) is 0 Å². The molecule has 0 aliphatic heterocycles. The molecule has 2 N–H and O–H groups in total. The van der Waals surface area contributed by atoms with Gasteiger partial charge in [-0.3, -0.25) is 4.79 Å². The Balaban J connectivity index is 2.17. The van der Waals surface area contributed by atoms with Crippen molar-refractivity contribution < 1.29 is 4.79 Å². The van der Waals surface area contributed by atoms with Gasteiger partial charge in [0.05, 0.1) is 0 Å². The molecule has 0 aliphatic rings. The summed E-state index contributed by atoms with van der Waals surface area (Å²) in [7, 11) is 0. The van der Waals surface area contributed by atoms with Crippen LogP contribution in [0.5, 0.6) is 0 Å². The monoisotopic (exact) mass is 288 g/mol. The molecule has 0 aliphatic carbocycles. The molecule has 0 radical (unpaired) electrons. The molecule has 0 saturated heterocycles. The van der Waals surface area contributed by atoms with Crippen molar-refractivity contribution in [2.24, 2.45) is 5.92 Å². The number of pyridine rings is 1. The summed E-state index contributed by atoms with van der Waals surface area (Å²) >= 11 is 0. The van der Waals surface area contributed by atoms with Gasteiger partial charge in [-0.05, 0) is 30.2 Å². The number of hydrogen-bond donors (Lipinski definition) is 2. The number of amides is 1. The zero-order valence-corrected chi connectivity index (χ0v) is 13.0. The average Bonchev–Trinajstić information content (AvgIpc) is 2.81. The fourth-order valence-corrected chi connectivity index (χ4v) is 2.24. The van der Waals surface area contributed by atoms with Crippen LogP contribution in [0.1, 0.15) is 26.3 Å². The SMILES string of the molecule is CCNCc1cn(CC(=O)NCC(C)C)c2ncccc12. The van der Waals surface area contributed by atoms with Crippen LogP contribution in [0.15, 0.2) is 24.5 Å². The van der Waals surface area contributed by atoms with Crippen LogP contribution in [0.2, 0.25) is 0 Å². The maximum atomic E-state index is 12.0. The summed E-state index contributed by atoms with van der Waals surface area (Å²) in [6.07, 6.45) is 3.79. The van der Waals surface area contributed by atoms with E-state index in [9.17, 15) is 4.79 Å². The predicted molar refractivity (Wildman–Crippen MR) is 85.0 cm³/mol. The highest BCUT2D eigenvalue weighted by Gasteiger charge is 2.11. The molecule has 0 unspecified atom stereocenters. The molecule has 0 saturated carbocycles. The predicted octanol–water partition coefficient (Wildman–Crippen LogP) is 1.92. The summed E-state index contributed by atoms with van der Waals surface area (Å²) in [6, 6.07) is 3.98. The lowest BCUT2D eigenvalue weighted by atomic mass is 10.2. The zero-order valence-electron chi connectivity index (χ0n) is 13.0. The Hall–Kier alpha value is -1.88. The third-order valence-electron chi connectivity index (χ3n) is 3.30. The van der Waals surface area contributed by atoms with Crippen molar-refractivity contribution in [1.82, 2.24) is 20.2 Å². The molecule has 2 aromatic heterocycles. The van der Waals surface area contributed by atoms with Gasteiger partial charge in [0.15, 0.2) is 0 Å². The smallest absolute Gasteiger partial charge is 0.240 e. The molecule has 5 heteroatoms. The van der Waals surface area contributed by atoms with Crippen LogP contribution in [0.25, 0.3) is 11.0 Å². The second-order valence-electron chi connectivity index (χ2n) is 5.64. The van der Waals surface area contributed by atoms with E-state index in [2.05, 4.69) is 42.5 Å². The first-order chi connectivity index (χ1) is 10.1. The molecule has 2 rings (SSSR count). The minimum absolute atomic E-state index is 0.0289. The lowest BCUT2D eigenvalue weighted by Crippen LogP contribution is -2.30. The van der Waals surface area contributed by atoms with Gasteiger partial charge in [-0.1, -0.05) is 20.8 Å². The van der Waals surface area contributed by atoms with Gasteiger partial charge in [0.1, 0.15) is 12.2 Å². The van der Waals surface area contributed by atoms with Crippen molar-refractivity contribution in [2.45, 2.75) is 33.9 Å². The van der Waals surface area contributed by atoms with Crippen molar-refractivity contribution in [1.29, 1.82) is 0 Å². The quantitative estimate of drug-likeness (QED) is 0.818. The minimum Gasteiger partial charge on any atom is -0.354 e. The summed E-state index contributed by atoms with van der Waals surface area (Å²) in [5, 5.41) is 7.37. The fraction of sp³-hybridized carbons (Fsp3) is 0.500. The number of nitrogens with one attached hydrogen (secondary N) is 2. The number of aromatic nitrogens is 2. The molecule has 0 spiro atoms. The summed E-state index contributed by atoms with van der Waals surface area (Å²) in [4.78, 5) is 16.4. The van der Waals surface area contributed by atoms with Crippen LogP contribution < -0.4 is 10.6 Å². The van der Waals surface area contributed by atoms with Gasteiger partial charge in [0.25, 0.3) is 0 Å². The molecule has 21 heavy (non-hydrogen) atoms. The molecule has 0 bridgehead atoms. The third-order valence-corrected chi connectivity index (χ3v) is 3.30. The van der Waals surface area contributed by atoms with Crippen LogP contribution in [0.4, 0.5) is 0 Å². The first-order valence-corrected chi connectivity index (χ1v) is 7.52. The Kier molecular flexibility index (Phi) is 5.33. The molecule has 1 amide bonds. The van der Waals surface area contributed by atoms with E-state index in [1.807, 2.05) is 16.8 Å². The molecule has 5 nitrogen and oxygen atoms in total. The van der Waals surface area contributed by atoms with E-state index in [0.29, 0.717) is 19.0 Å². The van der Waals surface area contributed by atoms with Crippen molar-refractivity contribution in [3.05, 3.63) is 30.1 Å².